The van der Waals surface area contributed by atoms with E-state index in [4.69, 9.17) is 0 Å². The Bertz CT molecular complexity index is 714. The summed E-state index contributed by atoms with van der Waals surface area (Å²) in [6.07, 6.45) is 40.8. The summed E-state index contributed by atoms with van der Waals surface area (Å²) in [5, 5.41) is 8.92. The van der Waals surface area contributed by atoms with Crippen molar-refractivity contribution in [2.45, 2.75) is 239 Å². The molecule has 0 saturated heterocycles. The van der Waals surface area contributed by atoms with E-state index in [0.717, 1.165) is 38.5 Å². The van der Waals surface area contributed by atoms with Gasteiger partial charge >= 0.3 is 0 Å². The first kappa shape index (κ1) is 46.4. The molecular weight excluding hydrogens is 594 g/mol. The largest absolute Gasteiger partial charge is 0.356 e. The van der Waals surface area contributed by atoms with Crippen LogP contribution in [0.5, 0.6) is 0 Å². The third-order valence-corrected chi connectivity index (χ3v) is 9.78. The van der Waals surface area contributed by atoms with Gasteiger partial charge < -0.3 is 16.0 Å². The highest BCUT2D eigenvalue weighted by Crippen LogP contribution is 2.15. The van der Waals surface area contributed by atoms with Gasteiger partial charge in [0.05, 0.1) is 0 Å². The third kappa shape index (κ3) is 35.7. The molecule has 0 bridgehead atoms. The minimum atomic E-state index is -0.488. The average molecular weight is 678 g/mol. The molecule has 0 aromatic rings. The Labute approximate surface area is 299 Å². The van der Waals surface area contributed by atoms with Crippen molar-refractivity contribution < 1.29 is 14.4 Å². The highest BCUT2D eigenvalue weighted by Gasteiger charge is 2.20. The van der Waals surface area contributed by atoms with Crippen LogP contribution in [0, 0.1) is 0 Å². The second-order valence-corrected chi connectivity index (χ2v) is 14.7. The van der Waals surface area contributed by atoms with Crippen molar-refractivity contribution in [3.8, 4) is 0 Å². The van der Waals surface area contributed by atoms with Crippen LogP contribution >= 0.6 is 0 Å². The van der Waals surface area contributed by atoms with Crippen LogP contribution in [-0.2, 0) is 14.4 Å². The number of nitrogens with one attached hydrogen (secondary N) is 3. The summed E-state index contributed by atoms with van der Waals surface area (Å²) in [5.41, 5.74) is 0. The first-order valence-corrected chi connectivity index (χ1v) is 21.3. The minimum Gasteiger partial charge on any atom is -0.356 e. The molecule has 3 N–H and O–H groups in total. The SMILES string of the molecule is CCCCCCCCCCCCCCCCCCCCCC(=O)N[C@@H](CCCCNC(C)=O)C(=O)NCCCCCCCCCCCC. The molecule has 0 aliphatic carbocycles. The molecule has 0 aliphatic rings. The number of carbonyl (C=O) groups is 3. The molecule has 6 heteroatoms. The summed E-state index contributed by atoms with van der Waals surface area (Å²) in [6, 6.07) is -0.488. The molecule has 0 fully saturated rings. The Balaban J connectivity index is 3.94. The van der Waals surface area contributed by atoms with Gasteiger partial charge in [0.2, 0.25) is 17.7 Å². The van der Waals surface area contributed by atoms with Gasteiger partial charge in [-0.25, -0.2) is 0 Å². The van der Waals surface area contributed by atoms with Gasteiger partial charge in [-0.05, 0) is 32.1 Å². The van der Waals surface area contributed by atoms with Crippen molar-refractivity contribution in [1.82, 2.24) is 16.0 Å². The van der Waals surface area contributed by atoms with Crippen LogP contribution in [-0.4, -0.2) is 36.9 Å². The van der Waals surface area contributed by atoms with Crippen LogP contribution in [0.15, 0.2) is 0 Å². The lowest BCUT2D eigenvalue weighted by Gasteiger charge is -2.19. The Morgan fingerprint density at radius 3 is 1.15 bits per heavy atom. The Morgan fingerprint density at radius 2 is 0.750 bits per heavy atom. The van der Waals surface area contributed by atoms with E-state index in [1.165, 1.54) is 167 Å². The molecule has 3 amide bonds. The highest BCUT2D eigenvalue weighted by molar-refractivity contribution is 5.87. The first-order valence-electron chi connectivity index (χ1n) is 21.3. The first-order chi connectivity index (χ1) is 23.5. The van der Waals surface area contributed by atoms with Crippen molar-refractivity contribution in [3.63, 3.8) is 0 Å². The Morgan fingerprint density at radius 1 is 0.417 bits per heavy atom. The summed E-state index contributed by atoms with van der Waals surface area (Å²) >= 11 is 0. The van der Waals surface area contributed by atoms with Crippen LogP contribution in [0.3, 0.4) is 0 Å². The van der Waals surface area contributed by atoms with Crippen molar-refractivity contribution in [1.29, 1.82) is 0 Å². The van der Waals surface area contributed by atoms with Gasteiger partial charge in [0.25, 0.3) is 0 Å². The van der Waals surface area contributed by atoms with Gasteiger partial charge in [-0.3, -0.25) is 14.4 Å². The van der Waals surface area contributed by atoms with Crippen LogP contribution in [0.4, 0.5) is 0 Å². The van der Waals surface area contributed by atoms with Crippen molar-refractivity contribution >= 4 is 17.7 Å². The van der Waals surface area contributed by atoms with E-state index >= 15 is 0 Å². The van der Waals surface area contributed by atoms with Gasteiger partial charge in [-0.1, -0.05) is 187 Å². The maximum atomic E-state index is 13.0. The lowest BCUT2D eigenvalue weighted by atomic mass is 10.0. The predicted octanol–water partition coefficient (Wildman–Crippen LogP) is 11.6. The molecule has 0 aromatic carbocycles. The number of carbonyl (C=O) groups excluding carboxylic acids is 3. The molecule has 0 rings (SSSR count). The van der Waals surface area contributed by atoms with Crippen LogP contribution in [0.25, 0.3) is 0 Å². The fraction of sp³-hybridized carbons (Fsp3) is 0.929. The summed E-state index contributed by atoms with van der Waals surface area (Å²) in [5.74, 6) is -0.108. The fourth-order valence-corrected chi connectivity index (χ4v) is 6.58. The molecule has 0 unspecified atom stereocenters. The number of amides is 3. The zero-order valence-corrected chi connectivity index (χ0v) is 32.6. The molecule has 0 heterocycles. The minimum absolute atomic E-state index is 0.0112. The zero-order chi connectivity index (χ0) is 35.2. The second-order valence-electron chi connectivity index (χ2n) is 14.7. The number of hydrogen-bond acceptors (Lipinski definition) is 3. The van der Waals surface area contributed by atoms with Gasteiger partial charge in [0, 0.05) is 26.4 Å². The van der Waals surface area contributed by atoms with Crippen LogP contribution in [0.2, 0.25) is 0 Å². The monoisotopic (exact) mass is 678 g/mol. The standard InChI is InChI=1S/C42H83N3O3/c1-4-6-8-10-12-14-16-17-18-19-20-21-22-23-24-25-27-29-31-36-41(47)45-40(35-32-34-37-43-39(3)46)42(48)44-38-33-30-28-26-15-13-11-9-7-5-2/h40H,4-38H2,1-3H3,(H,43,46)(H,44,48)(H,45,47)/t40-/m0/s1. The van der Waals surface area contributed by atoms with E-state index in [1.807, 2.05) is 0 Å². The third-order valence-electron chi connectivity index (χ3n) is 9.78. The van der Waals surface area contributed by atoms with Crippen molar-refractivity contribution in [3.05, 3.63) is 0 Å². The Hall–Kier alpha value is -1.59. The second kappa shape index (κ2) is 38.2. The summed E-state index contributed by atoms with van der Waals surface area (Å²) < 4.78 is 0. The van der Waals surface area contributed by atoms with Gasteiger partial charge in [0.15, 0.2) is 0 Å². The van der Waals surface area contributed by atoms with E-state index in [1.54, 1.807) is 0 Å². The Kier molecular flexibility index (Phi) is 36.9. The van der Waals surface area contributed by atoms with Gasteiger partial charge in [-0.15, -0.1) is 0 Å². The molecule has 0 radical (unpaired) electrons. The molecule has 0 aromatic heterocycles. The fourth-order valence-electron chi connectivity index (χ4n) is 6.58. The summed E-state index contributed by atoms with van der Waals surface area (Å²) in [4.78, 5) is 36.8. The number of unbranched alkanes of at least 4 members (excludes halogenated alkanes) is 28. The van der Waals surface area contributed by atoms with Crippen molar-refractivity contribution in [2.75, 3.05) is 13.1 Å². The van der Waals surface area contributed by atoms with E-state index < -0.39 is 6.04 Å². The van der Waals surface area contributed by atoms with Crippen LogP contribution in [0.1, 0.15) is 233 Å². The molecule has 48 heavy (non-hydrogen) atoms. The molecule has 284 valence electrons. The maximum Gasteiger partial charge on any atom is 0.242 e. The zero-order valence-electron chi connectivity index (χ0n) is 32.6. The van der Waals surface area contributed by atoms with E-state index in [2.05, 4.69) is 29.8 Å². The van der Waals surface area contributed by atoms with Gasteiger partial charge in [0.1, 0.15) is 6.04 Å². The quantitative estimate of drug-likeness (QED) is 0.0568. The number of rotatable bonds is 38. The van der Waals surface area contributed by atoms with E-state index in [9.17, 15) is 14.4 Å². The number of hydrogen-bond donors (Lipinski definition) is 3. The normalized spacial score (nSPS) is 11.8. The average Bonchev–Trinajstić information content (AvgIpc) is 3.07. The molecule has 0 aliphatic heterocycles. The molecule has 6 nitrogen and oxygen atoms in total. The molecule has 0 spiro atoms. The lowest BCUT2D eigenvalue weighted by molar-refractivity contribution is -0.129. The van der Waals surface area contributed by atoms with Gasteiger partial charge in [-0.2, -0.15) is 0 Å². The van der Waals surface area contributed by atoms with E-state index in [0.29, 0.717) is 25.9 Å². The smallest absolute Gasteiger partial charge is 0.242 e. The van der Waals surface area contributed by atoms with E-state index in [-0.39, 0.29) is 17.7 Å². The molecule has 0 saturated carbocycles. The molecule has 1 atom stereocenters. The highest BCUT2D eigenvalue weighted by atomic mass is 16.2. The summed E-state index contributed by atoms with van der Waals surface area (Å²) in [6.45, 7) is 7.34. The maximum absolute atomic E-state index is 13.0. The van der Waals surface area contributed by atoms with Crippen LogP contribution < -0.4 is 16.0 Å². The lowest BCUT2D eigenvalue weighted by Crippen LogP contribution is -2.47. The van der Waals surface area contributed by atoms with Crippen molar-refractivity contribution in [2.24, 2.45) is 0 Å². The summed E-state index contributed by atoms with van der Waals surface area (Å²) in [7, 11) is 0. The topological polar surface area (TPSA) is 87.3 Å². The predicted molar refractivity (Wildman–Crippen MR) is 207 cm³/mol. The molecular formula is C42H83N3O3.